The molecule has 5 rings (SSSR count). The Balaban J connectivity index is 1.20. The molecule has 2 aliphatic rings. The summed E-state index contributed by atoms with van der Waals surface area (Å²) in [5, 5.41) is 17.0. The van der Waals surface area contributed by atoms with Crippen molar-refractivity contribution >= 4 is 27.9 Å². The average molecular weight is 545 g/mol. The van der Waals surface area contributed by atoms with Gasteiger partial charge in [0.2, 0.25) is 0 Å². The molecule has 1 amide bonds. The van der Waals surface area contributed by atoms with E-state index in [1.165, 1.54) is 4.88 Å². The summed E-state index contributed by atoms with van der Waals surface area (Å²) in [7, 11) is 0. The fourth-order valence-electron chi connectivity index (χ4n) is 5.16. The van der Waals surface area contributed by atoms with Gasteiger partial charge in [-0.1, -0.05) is 18.2 Å². The third-order valence-electron chi connectivity index (χ3n) is 7.49. The van der Waals surface area contributed by atoms with E-state index in [0.717, 1.165) is 54.7 Å². The van der Waals surface area contributed by atoms with Gasteiger partial charge in [-0.15, -0.1) is 11.3 Å². The van der Waals surface area contributed by atoms with Crippen LogP contribution in [0.15, 0.2) is 54.4 Å². The summed E-state index contributed by atoms with van der Waals surface area (Å²) in [6.45, 7) is 5.95. The van der Waals surface area contributed by atoms with E-state index < -0.39 is 6.17 Å². The summed E-state index contributed by atoms with van der Waals surface area (Å²) in [5.74, 6) is -0.177. The van der Waals surface area contributed by atoms with Gasteiger partial charge >= 0.3 is 0 Å². The number of likely N-dealkylation sites (tertiary alicyclic amines) is 1. The van der Waals surface area contributed by atoms with E-state index >= 15 is 0 Å². The topological polar surface area (TPSA) is 86.8 Å². The van der Waals surface area contributed by atoms with E-state index in [0.29, 0.717) is 41.7 Å². The fourth-order valence-corrected chi connectivity index (χ4v) is 6.23. The third-order valence-corrected chi connectivity index (χ3v) is 8.53. The zero-order chi connectivity index (χ0) is 27.4. The molecule has 0 radical (unpaired) electrons. The molecular weight excluding hydrogens is 511 g/mol. The number of hydrogen-bond acceptors (Lipinski definition) is 6. The smallest absolute Gasteiger partial charge is 0.257 e. The highest BCUT2D eigenvalue weighted by molar-refractivity contribution is 7.15. The van der Waals surface area contributed by atoms with Crippen LogP contribution < -0.4 is 5.32 Å². The number of hydrogen-bond donors (Lipinski definition) is 1. The van der Waals surface area contributed by atoms with Gasteiger partial charge in [-0.2, -0.15) is 10.4 Å². The molecular formula is C30H33FN6OS. The van der Waals surface area contributed by atoms with Crippen molar-refractivity contribution in [2.24, 2.45) is 0 Å². The Kier molecular flexibility index (Phi) is 8.34. The van der Waals surface area contributed by atoms with Crippen LogP contribution >= 0.6 is 11.3 Å². The molecule has 3 aromatic rings. The lowest BCUT2D eigenvalue weighted by atomic mass is 9.94. The number of thiazole rings is 1. The number of piperidine rings is 1. The monoisotopic (exact) mass is 544 g/mol. The lowest BCUT2D eigenvalue weighted by Crippen LogP contribution is -2.44. The number of anilines is 1. The Labute approximate surface area is 232 Å². The molecule has 9 heteroatoms. The largest absolute Gasteiger partial charge is 0.300 e. The first-order valence-corrected chi connectivity index (χ1v) is 14.2. The van der Waals surface area contributed by atoms with Crippen LogP contribution in [-0.2, 0) is 19.4 Å². The van der Waals surface area contributed by atoms with E-state index in [1.54, 1.807) is 30.5 Å². The summed E-state index contributed by atoms with van der Waals surface area (Å²) < 4.78 is 15.4. The quantitative estimate of drug-likeness (QED) is 0.300. The van der Waals surface area contributed by atoms with Crippen molar-refractivity contribution in [2.45, 2.75) is 64.7 Å². The van der Waals surface area contributed by atoms with Gasteiger partial charge in [0.25, 0.3) is 5.91 Å². The molecule has 1 aliphatic heterocycles. The minimum absolute atomic E-state index is 0.177. The van der Waals surface area contributed by atoms with E-state index in [4.69, 9.17) is 10.2 Å². The van der Waals surface area contributed by atoms with Crippen LogP contribution in [0.1, 0.15) is 65.2 Å². The number of carbonyl (C=O) groups is 1. The number of benzene rings is 1. The van der Waals surface area contributed by atoms with Gasteiger partial charge in [0.1, 0.15) is 6.17 Å². The zero-order valence-electron chi connectivity index (χ0n) is 22.4. The van der Waals surface area contributed by atoms with Crippen molar-refractivity contribution in [2.75, 3.05) is 18.4 Å². The lowest BCUT2D eigenvalue weighted by Gasteiger charge is -2.37. The first-order valence-electron chi connectivity index (χ1n) is 13.4. The van der Waals surface area contributed by atoms with Crippen LogP contribution in [0.3, 0.4) is 0 Å². The number of halogens is 1. The molecule has 1 aliphatic carbocycles. The van der Waals surface area contributed by atoms with E-state index in [9.17, 15) is 9.18 Å². The van der Waals surface area contributed by atoms with Gasteiger partial charge < -0.3 is 0 Å². The minimum Gasteiger partial charge on any atom is -0.300 e. The number of rotatable bonds is 7. The average Bonchev–Trinajstić information content (AvgIpc) is 3.58. The number of alkyl halides is 1. The molecule has 0 bridgehead atoms. The number of allylic oxidation sites excluding steroid dienone is 4. The van der Waals surface area contributed by atoms with E-state index in [1.807, 2.05) is 48.1 Å². The maximum atomic E-state index is 13.6. The molecule has 0 spiro atoms. The third kappa shape index (κ3) is 6.70. The number of aromatic nitrogens is 3. The van der Waals surface area contributed by atoms with Gasteiger partial charge in [0.15, 0.2) is 5.13 Å². The molecule has 1 atom stereocenters. The number of carbonyl (C=O) groups excluding carboxylic acids is 1. The van der Waals surface area contributed by atoms with Crippen LogP contribution in [-0.4, -0.2) is 50.9 Å². The normalized spacial score (nSPS) is 19.0. The molecule has 1 fully saturated rings. The highest BCUT2D eigenvalue weighted by Gasteiger charge is 2.30. The predicted octanol–water partition coefficient (Wildman–Crippen LogP) is 5.80. The molecule has 1 aromatic carbocycles. The van der Waals surface area contributed by atoms with Crippen molar-refractivity contribution in [1.29, 1.82) is 5.26 Å². The molecule has 202 valence electrons. The Hall–Kier alpha value is -3.61. The van der Waals surface area contributed by atoms with Gasteiger partial charge in [-0.25, -0.2) is 9.37 Å². The molecule has 39 heavy (non-hydrogen) atoms. The molecule has 1 unspecified atom stereocenters. The Morgan fingerprint density at radius 2 is 2.05 bits per heavy atom. The second-order valence-electron chi connectivity index (χ2n) is 10.4. The number of aryl methyl sites for hydroxylation is 1. The first-order chi connectivity index (χ1) is 18.9. The van der Waals surface area contributed by atoms with Crippen molar-refractivity contribution < 1.29 is 9.18 Å². The summed E-state index contributed by atoms with van der Waals surface area (Å²) in [5.41, 5.74) is 5.27. The molecule has 0 saturated carbocycles. The van der Waals surface area contributed by atoms with Crippen LogP contribution in [0, 0.1) is 11.3 Å². The van der Waals surface area contributed by atoms with Gasteiger partial charge in [-0.05, 0) is 75.3 Å². The van der Waals surface area contributed by atoms with Crippen molar-refractivity contribution in [3.63, 3.8) is 0 Å². The van der Waals surface area contributed by atoms with Crippen LogP contribution in [0.5, 0.6) is 0 Å². The molecule has 2 aromatic heterocycles. The number of nitrogens with zero attached hydrogens (tertiary/aromatic N) is 5. The highest BCUT2D eigenvalue weighted by Crippen LogP contribution is 2.33. The predicted molar refractivity (Wildman–Crippen MR) is 152 cm³/mol. The number of nitriles is 1. The van der Waals surface area contributed by atoms with Crippen LogP contribution in [0.2, 0.25) is 0 Å². The van der Waals surface area contributed by atoms with Crippen molar-refractivity contribution in [3.05, 3.63) is 81.6 Å². The standard InChI is InChI=1S/C30H33FN6OS/c1-20(16-32)6-7-21(2)24-17-33-37(19-24)18-22-4-3-5-23(14-22)29(38)35-30-34-27-9-8-26(15-28(27)39-30)36-12-10-25(31)11-13-36/h3-7,14,17,19,25-26H,8-13,15,18H2,1-2H3,(H,34,35,38)/b20-6+,21-7+. The molecule has 7 nitrogen and oxygen atoms in total. The number of amides is 1. The summed E-state index contributed by atoms with van der Waals surface area (Å²) in [6.07, 6.45) is 10.9. The second kappa shape index (κ2) is 12.1. The summed E-state index contributed by atoms with van der Waals surface area (Å²) in [4.78, 5) is 21.4. The Morgan fingerprint density at radius 3 is 2.85 bits per heavy atom. The number of fused-ring (bicyclic) bond motifs is 1. The van der Waals surface area contributed by atoms with Gasteiger partial charge in [0.05, 0.1) is 24.5 Å². The van der Waals surface area contributed by atoms with E-state index in [2.05, 4.69) is 21.4 Å². The van der Waals surface area contributed by atoms with Gasteiger partial charge in [0, 0.05) is 46.9 Å². The van der Waals surface area contributed by atoms with E-state index in [-0.39, 0.29) is 5.91 Å². The lowest BCUT2D eigenvalue weighted by molar-refractivity contribution is 0.102. The minimum atomic E-state index is -0.657. The first kappa shape index (κ1) is 27.0. The van der Waals surface area contributed by atoms with Crippen LogP contribution in [0.25, 0.3) is 5.57 Å². The van der Waals surface area contributed by atoms with Crippen LogP contribution in [0.4, 0.5) is 9.52 Å². The van der Waals surface area contributed by atoms with Crippen molar-refractivity contribution in [1.82, 2.24) is 19.7 Å². The summed E-state index contributed by atoms with van der Waals surface area (Å²) in [6, 6.07) is 10.1. The molecule has 1 saturated heterocycles. The maximum absolute atomic E-state index is 13.6. The fraction of sp³-hybridized carbons (Fsp3) is 0.400. The SMILES string of the molecule is C/C(C#N)=C\C=C(/C)c1cnn(Cc2cccc(C(=O)Nc3nc4c(s3)CC(N3CCC(F)CC3)CC4)c2)c1. The van der Waals surface area contributed by atoms with Crippen molar-refractivity contribution in [3.8, 4) is 6.07 Å². The highest BCUT2D eigenvalue weighted by atomic mass is 32.1. The Morgan fingerprint density at radius 1 is 1.23 bits per heavy atom. The molecule has 1 N–H and O–H groups in total. The summed E-state index contributed by atoms with van der Waals surface area (Å²) >= 11 is 1.56. The zero-order valence-corrected chi connectivity index (χ0v) is 23.2. The Bertz CT molecular complexity index is 1440. The van der Waals surface area contributed by atoms with Gasteiger partial charge in [-0.3, -0.25) is 19.7 Å². The second-order valence-corrected chi connectivity index (χ2v) is 11.5. The molecule has 3 heterocycles. The number of nitrogens with one attached hydrogen (secondary N) is 1. The maximum Gasteiger partial charge on any atom is 0.257 e.